The first-order valence-electron chi connectivity index (χ1n) is 5.88. The van der Waals surface area contributed by atoms with Gasteiger partial charge in [0, 0.05) is 22.5 Å². The number of benzene rings is 1. The number of nitrogen functional groups attached to an aromatic ring is 1. The predicted octanol–water partition coefficient (Wildman–Crippen LogP) is 3.39. The van der Waals surface area contributed by atoms with Crippen LogP contribution in [0.4, 0.5) is 5.69 Å². The molecule has 3 N–H and O–H groups in total. The highest BCUT2D eigenvalue weighted by Crippen LogP contribution is 2.29. The zero-order valence-corrected chi connectivity index (χ0v) is 12.6. The summed E-state index contributed by atoms with van der Waals surface area (Å²) in [5.41, 5.74) is 7.58. The van der Waals surface area contributed by atoms with E-state index in [1.807, 2.05) is 31.5 Å². The zero-order valence-electron chi connectivity index (χ0n) is 11.0. The van der Waals surface area contributed by atoms with Gasteiger partial charge in [0.25, 0.3) is 0 Å². The number of amidine groups is 1. The molecule has 0 aliphatic heterocycles. The van der Waals surface area contributed by atoms with Crippen LogP contribution in [0.2, 0.25) is 0 Å². The van der Waals surface area contributed by atoms with Crippen LogP contribution in [0.3, 0.4) is 0 Å². The fourth-order valence-corrected chi connectivity index (χ4v) is 3.39. The Morgan fingerprint density at radius 3 is 2.74 bits per heavy atom. The SMILES string of the molecule is CSc1cccc(N(C)Cc2cccs2)c1C(=N)N. The molecule has 1 aromatic heterocycles. The van der Waals surface area contributed by atoms with E-state index in [4.69, 9.17) is 11.1 Å². The molecular weight excluding hydrogens is 274 g/mol. The zero-order chi connectivity index (χ0) is 13.8. The van der Waals surface area contributed by atoms with Gasteiger partial charge in [-0.2, -0.15) is 0 Å². The van der Waals surface area contributed by atoms with E-state index < -0.39 is 0 Å². The van der Waals surface area contributed by atoms with Crippen molar-refractivity contribution in [3.8, 4) is 0 Å². The van der Waals surface area contributed by atoms with Crippen LogP contribution in [-0.4, -0.2) is 19.1 Å². The first-order chi connectivity index (χ1) is 9.13. The van der Waals surface area contributed by atoms with Crippen LogP contribution in [0, 0.1) is 5.41 Å². The summed E-state index contributed by atoms with van der Waals surface area (Å²) >= 11 is 3.36. The maximum Gasteiger partial charge on any atom is 0.126 e. The van der Waals surface area contributed by atoms with Gasteiger partial charge in [0.2, 0.25) is 0 Å². The molecular formula is C14H17N3S2. The largest absolute Gasteiger partial charge is 0.384 e. The van der Waals surface area contributed by atoms with Crippen molar-refractivity contribution >= 4 is 34.6 Å². The van der Waals surface area contributed by atoms with Crippen molar-refractivity contribution in [2.75, 3.05) is 18.2 Å². The molecule has 0 saturated heterocycles. The molecule has 0 radical (unpaired) electrons. The molecule has 1 heterocycles. The van der Waals surface area contributed by atoms with Crippen LogP contribution >= 0.6 is 23.1 Å². The molecule has 2 rings (SSSR count). The summed E-state index contributed by atoms with van der Waals surface area (Å²) in [6, 6.07) is 10.2. The molecule has 0 fully saturated rings. The molecule has 0 aliphatic carbocycles. The number of nitrogens with zero attached hydrogens (tertiary/aromatic N) is 1. The number of rotatable bonds is 5. The second kappa shape index (κ2) is 6.12. The molecule has 0 aliphatic rings. The summed E-state index contributed by atoms with van der Waals surface area (Å²) in [6.07, 6.45) is 2.00. The highest BCUT2D eigenvalue weighted by Gasteiger charge is 2.14. The lowest BCUT2D eigenvalue weighted by Crippen LogP contribution is -2.22. The molecule has 0 saturated carbocycles. The van der Waals surface area contributed by atoms with E-state index in [1.54, 1.807) is 23.1 Å². The third-order valence-electron chi connectivity index (χ3n) is 2.88. The molecule has 1 aromatic carbocycles. The average Bonchev–Trinajstić information content (AvgIpc) is 2.90. The summed E-state index contributed by atoms with van der Waals surface area (Å²) in [5, 5.41) is 9.88. The van der Waals surface area contributed by atoms with Gasteiger partial charge >= 0.3 is 0 Å². The smallest absolute Gasteiger partial charge is 0.126 e. The van der Waals surface area contributed by atoms with Gasteiger partial charge < -0.3 is 10.6 Å². The number of thioether (sulfide) groups is 1. The highest BCUT2D eigenvalue weighted by molar-refractivity contribution is 7.98. The Kier molecular flexibility index (Phi) is 4.50. The van der Waals surface area contributed by atoms with E-state index in [0.717, 1.165) is 22.7 Å². The molecule has 0 amide bonds. The van der Waals surface area contributed by atoms with Crippen molar-refractivity contribution in [3.63, 3.8) is 0 Å². The Hall–Kier alpha value is -1.46. The van der Waals surface area contributed by atoms with Gasteiger partial charge in [-0.15, -0.1) is 23.1 Å². The van der Waals surface area contributed by atoms with E-state index in [2.05, 4.69) is 22.4 Å². The fourth-order valence-electron chi connectivity index (χ4n) is 2.00. The lowest BCUT2D eigenvalue weighted by atomic mass is 10.1. The number of hydrogen-bond donors (Lipinski definition) is 2. The van der Waals surface area contributed by atoms with Gasteiger partial charge in [0.15, 0.2) is 0 Å². The molecule has 0 spiro atoms. The van der Waals surface area contributed by atoms with Crippen molar-refractivity contribution < 1.29 is 0 Å². The first kappa shape index (κ1) is 14.0. The third-order valence-corrected chi connectivity index (χ3v) is 4.52. The van der Waals surface area contributed by atoms with E-state index in [0.29, 0.717) is 0 Å². The second-order valence-electron chi connectivity index (χ2n) is 4.20. The van der Waals surface area contributed by atoms with Crippen molar-refractivity contribution in [2.24, 2.45) is 5.73 Å². The van der Waals surface area contributed by atoms with E-state index in [1.165, 1.54) is 4.88 Å². The van der Waals surface area contributed by atoms with Gasteiger partial charge in [0.05, 0.1) is 12.1 Å². The van der Waals surface area contributed by atoms with Gasteiger partial charge in [-0.3, -0.25) is 5.41 Å². The number of anilines is 1. The Labute approximate surface area is 121 Å². The van der Waals surface area contributed by atoms with Crippen molar-refractivity contribution in [1.29, 1.82) is 5.41 Å². The van der Waals surface area contributed by atoms with Crippen LogP contribution in [-0.2, 0) is 6.54 Å². The Bertz CT molecular complexity index is 564. The predicted molar refractivity (Wildman–Crippen MR) is 85.7 cm³/mol. The molecule has 0 atom stereocenters. The number of nitrogens with two attached hydrogens (primary N) is 1. The lowest BCUT2D eigenvalue weighted by Gasteiger charge is -2.23. The monoisotopic (exact) mass is 291 g/mol. The maximum absolute atomic E-state index is 7.80. The van der Waals surface area contributed by atoms with Crippen LogP contribution in [0.5, 0.6) is 0 Å². The molecule has 3 nitrogen and oxygen atoms in total. The fraction of sp³-hybridized carbons (Fsp3) is 0.214. The summed E-state index contributed by atoms with van der Waals surface area (Å²) in [7, 11) is 2.03. The van der Waals surface area contributed by atoms with E-state index in [-0.39, 0.29) is 5.84 Å². The van der Waals surface area contributed by atoms with Crippen molar-refractivity contribution in [3.05, 3.63) is 46.2 Å². The topological polar surface area (TPSA) is 53.1 Å². The molecule has 19 heavy (non-hydrogen) atoms. The summed E-state index contributed by atoms with van der Waals surface area (Å²) in [5.74, 6) is 0.123. The number of hydrogen-bond acceptors (Lipinski definition) is 4. The minimum Gasteiger partial charge on any atom is -0.384 e. The Morgan fingerprint density at radius 1 is 1.37 bits per heavy atom. The normalized spacial score (nSPS) is 10.4. The van der Waals surface area contributed by atoms with E-state index >= 15 is 0 Å². The molecule has 2 aromatic rings. The first-order valence-corrected chi connectivity index (χ1v) is 7.99. The summed E-state index contributed by atoms with van der Waals surface area (Å²) in [4.78, 5) is 4.48. The van der Waals surface area contributed by atoms with Crippen LogP contribution in [0.25, 0.3) is 0 Å². The van der Waals surface area contributed by atoms with Gasteiger partial charge in [-0.25, -0.2) is 0 Å². The molecule has 5 heteroatoms. The number of nitrogens with one attached hydrogen (secondary N) is 1. The van der Waals surface area contributed by atoms with Crippen LogP contribution < -0.4 is 10.6 Å². The number of thiophene rings is 1. The molecule has 100 valence electrons. The van der Waals surface area contributed by atoms with Crippen molar-refractivity contribution in [1.82, 2.24) is 0 Å². The second-order valence-corrected chi connectivity index (χ2v) is 6.08. The van der Waals surface area contributed by atoms with Gasteiger partial charge in [-0.1, -0.05) is 12.1 Å². The van der Waals surface area contributed by atoms with Crippen LogP contribution in [0.15, 0.2) is 40.6 Å². The quantitative estimate of drug-likeness (QED) is 0.504. The maximum atomic E-state index is 7.80. The average molecular weight is 291 g/mol. The lowest BCUT2D eigenvalue weighted by molar-refractivity contribution is 0.934. The Balaban J connectivity index is 2.35. The summed E-state index contributed by atoms with van der Waals surface area (Å²) < 4.78 is 0. The molecule has 0 unspecified atom stereocenters. The van der Waals surface area contributed by atoms with Crippen LogP contribution in [0.1, 0.15) is 10.4 Å². The van der Waals surface area contributed by atoms with Gasteiger partial charge in [-0.05, 0) is 29.8 Å². The Morgan fingerprint density at radius 2 is 2.16 bits per heavy atom. The van der Waals surface area contributed by atoms with Gasteiger partial charge in [0.1, 0.15) is 5.84 Å². The third kappa shape index (κ3) is 3.11. The minimum absolute atomic E-state index is 0.123. The highest BCUT2D eigenvalue weighted by atomic mass is 32.2. The van der Waals surface area contributed by atoms with E-state index in [9.17, 15) is 0 Å². The standard InChI is InChI=1S/C14H17N3S2/c1-17(9-10-5-4-8-19-10)11-6-3-7-12(18-2)13(11)14(15)16/h3-8H,9H2,1-2H3,(H3,15,16). The molecule has 0 bridgehead atoms. The minimum atomic E-state index is 0.123. The summed E-state index contributed by atoms with van der Waals surface area (Å²) in [6.45, 7) is 0.829. The van der Waals surface area contributed by atoms with Crippen molar-refractivity contribution in [2.45, 2.75) is 11.4 Å².